The van der Waals surface area contributed by atoms with Crippen LogP contribution in [0, 0.1) is 5.92 Å². The molecule has 1 fully saturated rings. The van der Waals surface area contributed by atoms with Gasteiger partial charge in [0.2, 0.25) is 0 Å². The van der Waals surface area contributed by atoms with Gasteiger partial charge in [-0.25, -0.2) is 0 Å². The van der Waals surface area contributed by atoms with Crippen LogP contribution in [0.2, 0.25) is 0 Å². The summed E-state index contributed by atoms with van der Waals surface area (Å²) in [6, 6.07) is 17.0. The minimum absolute atomic E-state index is 0.0215. The zero-order chi connectivity index (χ0) is 24.2. The summed E-state index contributed by atoms with van der Waals surface area (Å²) >= 11 is 0. The molecule has 0 radical (unpaired) electrons. The van der Waals surface area contributed by atoms with Crippen molar-refractivity contribution in [1.29, 1.82) is 0 Å². The van der Waals surface area contributed by atoms with Crippen LogP contribution in [0.25, 0.3) is 17.2 Å². The summed E-state index contributed by atoms with van der Waals surface area (Å²) in [4.78, 5) is 0. The van der Waals surface area contributed by atoms with E-state index in [-0.39, 0.29) is 6.42 Å². The van der Waals surface area contributed by atoms with Crippen LogP contribution < -0.4 is 0 Å². The molecule has 0 nitrogen and oxygen atoms in total. The number of unbranched alkanes of at least 4 members (excludes halogenated alkanes) is 5. The van der Waals surface area contributed by atoms with Crippen LogP contribution in [-0.2, 0) is 0 Å². The predicted molar refractivity (Wildman–Crippen MR) is 139 cm³/mol. The Labute approximate surface area is 204 Å². The fraction of sp³-hybridized carbons (Fsp3) is 0.548. The molecule has 186 valence electrons. The third-order valence-corrected chi connectivity index (χ3v) is 7.34. The SMILES string of the molecule is CCCCCCCCC1CCC(c2ccc(-c3ccc(/C=C/CCC(F)(F)F)cc3)cc2)CC1. The van der Waals surface area contributed by atoms with E-state index < -0.39 is 12.6 Å². The standard InChI is InChI=1S/C31H41F3/c1-2-3-4-5-6-7-10-25-12-16-27(17-13-25)29-20-22-30(23-21-29)28-18-14-26(15-19-28)11-8-9-24-31(32,33)34/h8,11,14-15,18-23,25,27H,2-7,9-10,12-13,16-17,24H2,1H3/b11-8+. The van der Waals surface area contributed by atoms with E-state index in [1.165, 1.54) is 81.8 Å². The van der Waals surface area contributed by atoms with Crippen LogP contribution in [0.3, 0.4) is 0 Å². The highest BCUT2D eigenvalue weighted by molar-refractivity contribution is 5.66. The van der Waals surface area contributed by atoms with E-state index in [0.29, 0.717) is 5.92 Å². The molecule has 0 aromatic heterocycles. The highest BCUT2D eigenvalue weighted by Crippen LogP contribution is 2.38. The minimum Gasteiger partial charge on any atom is -0.171 e. The van der Waals surface area contributed by atoms with E-state index in [1.54, 1.807) is 12.2 Å². The first kappa shape index (κ1) is 26.6. The smallest absolute Gasteiger partial charge is 0.171 e. The molecular weight excluding hydrogens is 429 g/mol. The fourth-order valence-electron chi connectivity index (χ4n) is 5.20. The molecule has 0 atom stereocenters. The first-order valence-electron chi connectivity index (χ1n) is 13.4. The van der Waals surface area contributed by atoms with Gasteiger partial charge in [-0.2, -0.15) is 13.2 Å². The highest BCUT2D eigenvalue weighted by atomic mass is 19.4. The Morgan fingerprint density at radius 3 is 1.97 bits per heavy atom. The van der Waals surface area contributed by atoms with Gasteiger partial charge in [-0.05, 0) is 66.2 Å². The first-order valence-corrected chi connectivity index (χ1v) is 13.4. The zero-order valence-electron chi connectivity index (χ0n) is 20.8. The maximum Gasteiger partial charge on any atom is 0.389 e. The van der Waals surface area contributed by atoms with E-state index in [1.807, 2.05) is 24.3 Å². The van der Waals surface area contributed by atoms with E-state index in [2.05, 4.69) is 31.2 Å². The average Bonchev–Trinajstić information content (AvgIpc) is 2.84. The summed E-state index contributed by atoms with van der Waals surface area (Å²) in [6.07, 6.45) is 13.7. The Bertz CT molecular complexity index is 838. The second kappa shape index (κ2) is 13.8. The number of alkyl halides is 3. The number of hydrogen-bond donors (Lipinski definition) is 0. The highest BCUT2D eigenvalue weighted by Gasteiger charge is 2.25. The summed E-state index contributed by atoms with van der Waals surface area (Å²) < 4.78 is 36.7. The topological polar surface area (TPSA) is 0 Å². The normalized spacial score (nSPS) is 19.1. The second-order valence-electron chi connectivity index (χ2n) is 10.1. The first-order chi connectivity index (χ1) is 16.4. The maximum atomic E-state index is 12.2. The number of allylic oxidation sites excluding steroid dienone is 1. The Kier molecular flexibility index (Phi) is 10.8. The van der Waals surface area contributed by atoms with Crippen molar-refractivity contribution >= 4 is 6.08 Å². The van der Waals surface area contributed by atoms with Gasteiger partial charge in [-0.3, -0.25) is 0 Å². The van der Waals surface area contributed by atoms with Crippen molar-refractivity contribution in [3.63, 3.8) is 0 Å². The number of benzene rings is 2. The molecule has 0 saturated heterocycles. The molecule has 0 N–H and O–H groups in total. The molecule has 0 unspecified atom stereocenters. The maximum absolute atomic E-state index is 12.2. The summed E-state index contributed by atoms with van der Waals surface area (Å²) in [5, 5.41) is 0. The molecule has 0 aliphatic heterocycles. The van der Waals surface area contributed by atoms with Crippen molar-refractivity contribution in [3.05, 3.63) is 65.7 Å². The Hall–Kier alpha value is -2.03. The molecule has 1 aliphatic carbocycles. The van der Waals surface area contributed by atoms with Crippen molar-refractivity contribution in [2.24, 2.45) is 5.92 Å². The molecule has 1 aliphatic rings. The summed E-state index contributed by atoms with van der Waals surface area (Å²) in [7, 11) is 0. The summed E-state index contributed by atoms with van der Waals surface area (Å²) in [5.41, 5.74) is 4.72. The van der Waals surface area contributed by atoms with Gasteiger partial charge < -0.3 is 0 Å². The van der Waals surface area contributed by atoms with E-state index in [0.717, 1.165) is 17.0 Å². The molecule has 2 aromatic carbocycles. The van der Waals surface area contributed by atoms with Gasteiger partial charge in [-0.15, -0.1) is 0 Å². The van der Waals surface area contributed by atoms with Gasteiger partial charge >= 0.3 is 6.18 Å². The monoisotopic (exact) mass is 470 g/mol. The molecule has 34 heavy (non-hydrogen) atoms. The Morgan fingerprint density at radius 2 is 1.35 bits per heavy atom. The molecule has 0 bridgehead atoms. The Balaban J connectivity index is 1.42. The number of rotatable bonds is 12. The fourth-order valence-corrected chi connectivity index (χ4v) is 5.20. The number of hydrogen-bond acceptors (Lipinski definition) is 0. The third kappa shape index (κ3) is 9.31. The van der Waals surface area contributed by atoms with Gasteiger partial charge in [0.05, 0.1) is 0 Å². The van der Waals surface area contributed by atoms with Gasteiger partial charge in [0, 0.05) is 6.42 Å². The molecule has 3 heteroatoms. The average molecular weight is 471 g/mol. The van der Waals surface area contributed by atoms with Crippen LogP contribution in [0.4, 0.5) is 13.2 Å². The van der Waals surface area contributed by atoms with Crippen molar-refractivity contribution in [1.82, 2.24) is 0 Å². The molecular formula is C31H41F3. The van der Waals surface area contributed by atoms with Gasteiger partial charge in [-0.1, -0.05) is 113 Å². The molecule has 0 amide bonds. The largest absolute Gasteiger partial charge is 0.389 e. The number of halogens is 3. The van der Waals surface area contributed by atoms with Crippen LogP contribution in [0.5, 0.6) is 0 Å². The quantitative estimate of drug-likeness (QED) is 0.271. The predicted octanol–water partition coefficient (Wildman–Crippen LogP) is 10.7. The van der Waals surface area contributed by atoms with Crippen LogP contribution in [-0.4, -0.2) is 6.18 Å². The minimum atomic E-state index is -4.09. The molecule has 0 spiro atoms. The van der Waals surface area contributed by atoms with Crippen molar-refractivity contribution in [2.75, 3.05) is 0 Å². The lowest BCUT2D eigenvalue weighted by molar-refractivity contribution is -0.133. The summed E-state index contributed by atoms with van der Waals surface area (Å²) in [5.74, 6) is 1.63. The molecule has 1 saturated carbocycles. The lowest BCUT2D eigenvalue weighted by Gasteiger charge is -2.29. The lowest BCUT2D eigenvalue weighted by atomic mass is 9.77. The van der Waals surface area contributed by atoms with Crippen LogP contribution in [0.15, 0.2) is 54.6 Å². The van der Waals surface area contributed by atoms with E-state index in [4.69, 9.17) is 0 Å². The second-order valence-corrected chi connectivity index (χ2v) is 10.1. The Morgan fingerprint density at radius 1 is 0.765 bits per heavy atom. The van der Waals surface area contributed by atoms with E-state index >= 15 is 0 Å². The van der Waals surface area contributed by atoms with Gasteiger partial charge in [0.15, 0.2) is 0 Å². The third-order valence-electron chi connectivity index (χ3n) is 7.34. The zero-order valence-corrected chi connectivity index (χ0v) is 20.8. The van der Waals surface area contributed by atoms with Crippen LogP contribution >= 0.6 is 0 Å². The van der Waals surface area contributed by atoms with E-state index in [9.17, 15) is 13.2 Å². The molecule has 3 rings (SSSR count). The van der Waals surface area contributed by atoms with Crippen molar-refractivity contribution in [3.8, 4) is 11.1 Å². The van der Waals surface area contributed by atoms with Crippen molar-refractivity contribution in [2.45, 2.75) is 102 Å². The molecule has 2 aromatic rings. The van der Waals surface area contributed by atoms with Crippen molar-refractivity contribution < 1.29 is 13.2 Å². The lowest BCUT2D eigenvalue weighted by Crippen LogP contribution is -2.13. The van der Waals surface area contributed by atoms with Gasteiger partial charge in [0.1, 0.15) is 0 Å². The van der Waals surface area contributed by atoms with Crippen LogP contribution in [0.1, 0.15) is 107 Å². The summed E-state index contributed by atoms with van der Waals surface area (Å²) in [6.45, 7) is 2.28. The molecule has 0 heterocycles. The van der Waals surface area contributed by atoms with Gasteiger partial charge in [0.25, 0.3) is 0 Å².